The summed E-state index contributed by atoms with van der Waals surface area (Å²) in [6.07, 6.45) is 0.849. The van der Waals surface area contributed by atoms with Gasteiger partial charge in [0.15, 0.2) is 0 Å². The quantitative estimate of drug-likeness (QED) is 0.860. The van der Waals surface area contributed by atoms with Crippen LogP contribution in [0.3, 0.4) is 0 Å². The average Bonchev–Trinajstić information content (AvgIpc) is 2.48. The number of halogens is 1. The van der Waals surface area contributed by atoms with Crippen molar-refractivity contribution in [1.82, 2.24) is 5.32 Å². The lowest BCUT2D eigenvalue weighted by Gasteiger charge is -2.18. The zero-order valence-electron chi connectivity index (χ0n) is 12.6. The van der Waals surface area contributed by atoms with Crippen molar-refractivity contribution in [3.8, 4) is 0 Å². The number of rotatable bonds is 4. The molecule has 1 N–H and O–H groups in total. The standard InChI is InChI=1S/C18H20ClNO/c1-4-17(15-6-5-12(2)13(3)11-15)20-18(21)14-7-9-16(19)10-8-14/h5-11,17H,4H2,1-3H3,(H,20,21)/t17-/m1/s1. The number of amides is 1. The number of hydrogen-bond acceptors (Lipinski definition) is 1. The Morgan fingerprint density at radius 1 is 1.10 bits per heavy atom. The van der Waals surface area contributed by atoms with E-state index in [1.165, 1.54) is 11.1 Å². The van der Waals surface area contributed by atoms with E-state index in [-0.39, 0.29) is 11.9 Å². The van der Waals surface area contributed by atoms with Gasteiger partial charge in [-0.3, -0.25) is 4.79 Å². The summed E-state index contributed by atoms with van der Waals surface area (Å²) in [6, 6.07) is 13.3. The normalized spacial score (nSPS) is 12.0. The van der Waals surface area contributed by atoms with E-state index in [9.17, 15) is 4.79 Å². The molecule has 0 aliphatic heterocycles. The van der Waals surface area contributed by atoms with Gasteiger partial charge in [-0.15, -0.1) is 0 Å². The molecule has 0 unspecified atom stereocenters. The zero-order valence-corrected chi connectivity index (χ0v) is 13.4. The number of aryl methyl sites for hydroxylation is 2. The summed E-state index contributed by atoms with van der Waals surface area (Å²) in [5.41, 5.74) is 4.27. The second-order valence-electron chi connectivity index (χ2n) is 5.28. The summed E-state index contributed by atoms with van der Waals surface area (Å²) in [5.74, 6) is -0.0725. The molecule has 21 heavy (non-hydrogen) atoms. The molecule has 0 radical (unpaired) electrons. The van der Waals surface area contributed by atoms with Crippen LogP contribution in [-0.2, 0) is 0 Å². The summed E-state index contributed by atoms with van der Waals surface area (Å²) in [4.78, 5) is 12.3. The highest BCUT2D eigenvalue weighted by molar-refractivity contribution is 6.30. The summed E-state index contributed by atoms with van der Waals surface area (Å²) < 4.78 is 0. The van der Waals surface area contributed by atoms with E-state index in [0.29, 0.717) is 10.6 Å². The highest BCUT2D eigenvalue weighted by Crippen LogP contribution is 2.20. The largest absolute Gasteiger partial charge is 0.345 e. The van der Waals surface area contributed by atoms with Crippen LogP contribution in [0.5, 0.6) is 0 Å². The van der Waals surface area contributed by atoms with E-state index in [2.05, 4.69) is 44.3 Å². The number of nitrogens with one attached hydrogen (secondary N) is 1. The van der Waals surface area contributed by atoms with Crippen LogP contribution in [0.4, 0.5) is 0 Å². The SMILES string of the molecule is CC[C@@H](NC(=O)c1ccc(Cl)cc1)c1ccc(C)c(C)c1. The first-order valence-electron chi connectivity index (χ1n) is 7.15. The molecule has 2 nitrogen and oxygen atoms in total. The third-order valence-corrected chi connectivity index (χ3v) is 4.01. The van der Waals surface area contributed by atoms with Crippen molar-refractivity contribution >= 4 is 17.5 Å². The minimum atomic E-state index is -0.0725. The number of carbonyl (C=O) groups excluding carboxylic acids is 1. The van der Waals surface area contributed by atoms with Gasteiger partial charge in [-0.1, -0.05) is 36.7 Å². The van der Waals surface area contributed by atoms with E-state index in [1.807, 2.05) is 0 Å². The number of carbonyl (C=O) groups is 1. The predicted molar refractivity (Wildman–Crippen MR) is 87.9 cm³/mol. The molecule has 3 heteroatoms. The molecular weight excluding hydrogens is 282 g/mol. The van der Waals surface area contributed by atoms with Crippen LogP contribution in [0.15, 0.2) is 42.5 Å². The van der Waals surface area contributed by atoms with Crippen LogP contribution < -0.4 is 5.32 Å². The van der Waals surface area contributed by atoms with Crippen LogP contribution in [0, 0.1) is 13.8 Å². The Hall–Kier alpha value is -1.80. The monoisotopic (exact) mass is 301 g/mol. The molecule has 1 atom stereocenters. The molecule has 0 fully saturated rings. The molecule has 0 heterocycles. The summed E-state index contributed by atoms with van der Waals surface area (Å²) >= 11 is 5.85. The second-order valence-corrected chi connectivity index (χ2v) is 5.72. The zero-order chi connectivity index (χ0) is 15.4. The molecule has 1 amide bonds. The Morgan fingerprint density at radius 3 is 2.33 bits per heavy atom. The van der Waals surface area contributed by atoms with Gasteiger partial charge < -0.3 is 5.32 Å². The molecule has 2 rings (SSSR count). The minimum Gasteiger partial charge on any atom is -0.345 e. The minimum absolute atomic E-state index is 0.0208. The molecule has 110 valence electrons. The van der Waals surface area contributed by atoms with Gasteiger partial charge >= 0.3 is 0 Å². The predicted octanol–water partition coefficient (Wildman–Crippen LogP) is 4.84. The molecule has 0 saturated heterocycles. The summed E-state index contributed by atoms with van der Waals surface area (Å²) in [5, 5.41) is 3.72. The van der Waals surface area contributed by atoms with Crippen molar-refractivity contribution in [3.63, 3.8) is 0 Å². The third kappa shape index (κ3) is 3.85. The second kappa shape index (κ2) is 6.77. The third-order valence-electron chi connectivity index (χ3n) is 3.75. The van der Waals surface area contributed by atoms with Crippen molar-refractivity contribution in [2.45, 2.75) is 33.2 Å². The molecule has 0 bridgehead atoms. The molecule has 0 aliphatic rings. The lowest BCUT2D eigenvalue weighted by atomic mass is 9.99. The molecule has 0 spiro atoms. The van der Waals surface area contributed by atoms with Gasteiger partial charge in [0.05, 0.1) is 6.04 Å². The average molecular weight is 302 g/mol. The Kier molecular flexibility index (Phi) is 5.03. The van der Waals surface area contributed by atoms with Crippen LogP contribution >= 0.6 is 11.6 Å². The van der Waals surface area contributed by atoms with Crippen molar-refractivity contribution in [1.29, 1.82) is 0 Å². The maximum absolute atomic E-state index is 12.3. The highest BCUT2D eigenvalue weighted by Gasteiger charge is 2.14. The maximum atomic E-state index is 12.3. The Bertz CT molecular complexity index is 634. The molecule has 0 aliphatic carbocycles. The summed E-state index contributed by atoms with van der Waals surface area (Å²) in [7, 11) is 0. The number of hydrogen-bond donors (Lipinski definition) is 1. The lowest BCUT2D eigenvalue weighted by molar-refractivity contribution is 0.0935. The Balaban J connectivity index is 2.16. The lowest BCUT2D eigenvalue weighted by Crippen LogP contribution is -2.28. The smallest absolute Gasteiger partial charge is 0.251 e. The van der Waals surface area contributed by atoms with Gasteiger partial charge in [0, 0.05) is 10.6 Å². The van der Waals surface area contributed by atoms with Crippen molar-refractivity contribution in [2.24, 2.45) is 0 Å². The van der Waals surface area contributed by atoms with Crippen LogP contribution in [0.1, 0.15) is 46.4 Å². The Labute approximate surface area is 131 Å². The molecule has 0 saturated carbocycles. The first-order valence-corrected chi connectivity index (χ1v) is 7.52. The van der Waals surface area contributed by atoms with Gasteiger partial charge in [-0.25, -0.2) is 0 Å². The van der Waals surface area contributed by atoms with E-state index in [4.69, 9.17) is 11.6 Å². The molecular formula is C18H20ClNO. The van der Waals surface area contributed by atoms with Crippen LogP contribution in [0.25, 0.3) is 0 Å². The maximum Gasteiger partial charge on any atom is 0.251 e. The van der Waals surface area contributed by atoms with E-state index in [1.54, 1.807) is 24.3 Å². The fourth-order valence-electron chi connectivity index (χ4n) is 2.25. The molecule has 2 aromatic carbocycles. The van der Waals surface area contributed by atoms with Gasteiger partial charge in [-0.05, 0) is 61.2 Å². The number of benzene rings is 2. The van der Waals surface area contributed by atoms with Gasteiger partial charge in [-0.2, -0.15) is 0 Å². The van der Waals surface area contributed by atoms with Crippen molar-refractivity contribution in [2.75, 3.05) is 0 Å². The van der Waals surface area contributed by atoms with E-state index in [0.717, 1.165) is 12.0 Å². The Morgan fingerprint density at radius 2 is 1.76 bits per heavy atom. The summed E-state index contributed by atoms with van der Waals surface area (Å²) in [6.45, 7) is 6.25. The van der Waals surface area contributed by atoms with Gasteiger partial charge in [0.25, 0.3) is 5.91 Å². The highest BCUT2D eigenvalue weighted by atomic mass is 35.5. The van der Waals surface area contributed by atoms with Crippen LogP contribution in [0.2, 0.25) is 5.02 Å². The van der Waals surface area contributed by atoms with Gasteiger partial charge in [0.2, 0.25) is 0 Å². The first-order chi connectivity index (χ1) is 10.0. The van der Waals surface area contributed by atoms with Gasteiger partial charge in [0.1, 0.15) is 0 Å². The fraction of sp³-hybridized carbons (Fsp3) is 0.278. The van der Waals surface area contributed by atoms with Crippen molar-refractivity contribution < 1.29 is 4.79 Å². The van der Waals surface area contributed by atoms with Crippen LogP contribution in [-0.4, -0.2) is 5.91 Å². The molecule has 2 aromatic rings. The van der Waals surface area contributed by atoms with E-state index < -0.39 is 0 Å². The first kappa shape index (κ1) is 15.6. The topological polar surface area (TPSA) is 29.1 Å². The fourth-order valence-corrected chi connectivity index (χ4v) is 2.37. The van der Waals surface area contributed by atoms with Crippen molar-refractivity contribution in [3.05, 3.63) is 69.7 Å². The molecule has 0 aromatic heterocycles. The van der Waals surface area contributed by atoms with E-state index >= 15 is 0 Å².